The number of methoxy groups -OCH3 is 2. The molecule has 0 saturated carbocycles. The maximum atomic E-state index is 12.5. The molecule has 0 atom stereocenters. The van der Waals surface area contributed by atoms with E-state index in [-0.39, 0.29) is 11.6 Å². The van der Waals surface area contributed by atoms with E-state index in [1.54, 1.807) is 18.8 Å². The Hall–Kier alpha value is -3.03. The number of ether oxygens (including phenoxy) is 2. The van der Waals surface area contributed by atoms with Crippen molar-refractivity contribution in [2.24, 2.45) is 0 Å². The van der Waals surface area contributed by atoms with Crippen molar-refractivity contribution in [2.45, 2.75) is 32.7 Å². The summed E-state index contributed by atoms with van der Waals surface area (Å²) in [6, 6.07) is 5.78. The van der Waals surface area contributed by atoms with Crippen molar-refractivity contribution in [2.75, 3.05) is 32.6 Å². The average Bonchev–Trinajstić information content (AvgIpc) is 2.69. The second-order valence-electron chi connectivity index (χ2n) is 6.69. The van der Waals surface area contributed by atoms with Crippen molar-refractivity contribution in [1.82, 2.24) is 14.9 Å². The number of unbranched alkanes of at least 4 members (excludes halogenated alkanes) is 1. The summed E-state index contributed by atoms with van der Waals surface area (Å²) >= 11 is 0. The summed E-state index contributed by atoms with van der Waals surface area (Å²) in [6.07, 6.45) is 2.46. The first-order valence-corrected chi connectivity index (χ1v) is 9.39. The molecule has 2 heterocycles. The van der Waals surface area contributed by atoms with Gasteiger partial charge >= 0.3 is 5.69 Å². The van der Waals surface area contributed by atoms with Crippen molar-refractivity contribution < 1.29 is 14.3 Å². The maximum absolute atomic E-state index is 12.5. The third kappa shape index (κ3) is 4.27. The lowest BCUT2D eigenvalue weighted by molar-refractivity contribution is -0.118. The second-order valence-corrected chi connectivity index (χ2v) is 6.69. The number of fused-ring (bicyclic) bond motifs is 3. The van der Waals surface area contributed by atoms with Crippen molar-refractivity contribution in [3.8, 4) is 22.8 Å². The van der Waals surface area contributed by atoms with E-state index in [9.17, 15) is 9.59 Å². The normalized spacial score (nSPS) is 12.0. The minimum Gasteiger partial charge on any atom is -0.493 e. The molecule has 0 aliphatic carbocycles. The van der Waals surface area contributed by atoms with Crippen LogP contribution in [0, 0.1) is 0 Å². The molecule has 8 nitrogen and oxygen atoms in total. The summed E-state index contributed by atoms with van der Waals surface area (Å²) in [5.41, 5.74) is 2.63. The van der Waals surface area contributed by atoms with E-state index in [2.05, 4.69) is 15.6 Å². The number of hydrogen-bond donors (Lipinski definition) is 2. The van der Waals surface area contributed by atoms with Gasteiger partial charge in [-0.3, -0.25) is 9.36 Å². The van der Waals surface area contributed by atoms with Crippen LogP contribution in [0.5, 0.6) is 11.5 Å². The van der Waals surface area contributed by atoms with Crippen LogP contribution < -0.4 is 25.8 Å². The monoisotopic (exact) mass is 386 g/mol. The highest BCUT2D eigenvalue weighted by molar-refractivity contribution is 5.73. The highest BCUT2D eigenvalue weighted by Gasteiger charge is 2.21. The largest absolute Gasteiger partial charge is 0.493 e. The van der Waals surface area contributed by atoms with Gasteiger partial charge in [-0.25, -0.2) is 4.79 Å². The van der Waals surface area contributed by atoms with E-state index in [0.717, 1.165) is 36.1 Å². The molecular formula is C20H26N4O4. The third-order valence-electron chi connectivity index (χ3n) is 4.78. The summed E-state index contributed by atoms with van der Waals surface area (Å²) in [5.74, 6) is 1.84. The number of hydrogen-bond acceptors (Lipinski definition) is 6. The second kappa shape index (κ2) is 8.77. The van der Waals surface area contributed by atoms with Gasteiger partial charge in [0, 0.05) is 38.2 Å². The first-order chi connectivity index (χ1) is 13.5. The van der Waals surface area contributed by atoms with Gasteiger partial charge in [0.2, 0.25) is 5.91 Å². The summed E-state index contributed by atoms with van der Waals surface area (Å²) < 4.78 is 12.5. The fraction of sp³-hybridized carbons (Fsp3) is 0.450. The van der Waals surface area contributed by atoms with Gasteiger partial charge in [-0.2, -0.15) is 4.98 Å². The van der Waals surface area contributed by atoms with Gasteiger partial charge in [0.1, 0.15) is 5.82 Å². The highest BCUT2D eigenvalue weighted by atomic mass is 16.5. The zero-order valence-corrected chi connectivity index (χ0v) is 16.5. The fourth-order valence-corrected chi connectivity index (χ4v) is 3.37. The lowest BCUT2D eigenvalue weighted by Crippen LogP contribution is -2.29. The lowest BCUT2D eigenvalue weighted by Gasteiger charge is -2.23. The number of nitrogens with zero attached hydrogens (tertiary/aromatic N) is 2. The van der Waals surface area contributed by atoms with Gasteiger partial charge in [0.05, 0.1) is 19.9 Å². The number of nitrogens with one attached hydrogen (secondary N) is 2. The highest BCUT2D eigenvalue weighted by Crippen LogP contribution is 2.38. The zero-order valence-electron chi connectivity index (χ0n) is 16.5. The van der Waals surface area contributed by atoms with Crippen LogP contribution in [0.3, 0.4) is 0 Å². The number of carbonyl (C=O) groups is 1. The van der Waals surface area contributed by atoms with E-state index in [0.29, 0.717) is 37.0 Å². The molecule has 28 heavy (non-hydrogen) atoms. The number of anilines is 1. The predicted molar refractivity (Wildman–Crippen MR) is 107 cm³/mol. The summed E-state index contributed by atoms with van der Waals surface area (Å²) in [6.45, 7) is 3.41. The maximum Gasteiger partial charge on any atom is 0.349 e. The quantitative estimate of drug-likeness (QED) is 0.672. The number of aryl methyl sites for hydroxylation is 1. The van der Waals surface area contributed by atoms with Crippen LogP contribution in [0.15, 0.2) is 23.0 Å². The van der Waals surface area contributed by atoms with E-state index in [1.807, 2.05) is 18.2 Å². The Labute approximate surface area is 163 Å². The summed E-state index contributed by atoms with van der Waals surface area (Å²) in [4.78, 5) is 27.5. The first-order valence-electron chi connectivity index (χ1n) is 9.39. The average molecular weight is 386 g/mol. The molecule has 0 spiro atoms. The molecule has 2 N–H and O–H groups in total. The molecule has 8 heteroatoms. The Balaban J connectivity index is 1.79. The van der Waals surface area contributed by atoms with Crippen LogP contribution in [0.4, 0.5) is 5.82 Å². The molecule has 0 fully saturated rings. The molecule has 1 aliphatic heterocycles. The number of rotatable bonds is 8. The lowest BCUT2D eigenvalue weighted by atomic mass is 9.97. The van der Waals surface area contributed by atoms with E-state index >= 15 is 0 Å². The standard InChI is InChI=1S/C20H26N4O4/c1-13(25)21-7-4-5-8-22-19-12-16-15-11-18(28-3)17(27-2)10-14(15)6-9-24(16)20(26)23-19/h10-12H,4-9H2,1-3H3,(H,21,25)(H,22,23,26). The first kappa shape index (κ1) is 19.7. The molecular weight excluding hydrogens is 360 g/mol. The van der Waals surface area contributed by atoms with Crippen LogP contribution in [0.25, 0.3) is 11.3 Å². The Kier molecular flexibility index (Phi) is 6.18. The van der Waals surface area contributed by atoms with Gasteiger partial charge in [0.25, 0.3) is 0 Å². The molecule has 3 rings (SSSR count). The SMILES string of the molecule is COc1cc2c(cc1OC)-c1cc(NCCCCNC(C)=O)nc(=O)n1CC2. The Morgan fingerprint density at radius 1 is 1.14 bits per heavy atom. The molecule has 0 unspecified atom stereocenters. The molecule has 1 amide bonds. The molecule has 2 aromatic rings. The molecule has 0 bridgehead atoms. The Bertz CT molecular complexity index is 923. The zero-order chi connectivity index (χ0) is 20.1. The van der Waals surface area contributed by atoms with Crippen molar-refractivity contribution in [1.29, 1.82) is 0 Å². The van der Waals surface area contributed by atoms with Gasteiger partial charge in [-0.15, -0.1) is 0 Å². The topological polar surface area (TPSA) is 94.5 Å². The molecule has 0 radical (unpaired) electrons. The molecule has 150 valence electrons. The predicted octanol–water partition coefficient (Wildman–Crippen LogP) is 1.81. The van der Waals surface area contributed by atoms with E-state index in [1.165, 1.54) is 6.92 Å². The van der Waals surface area contributed by atoms with E-state index in [4.69, 9.17) is 9.47 Å². The van der Waals surface area contributed by atoms with Crippen LogP contribution in [-0.2, 0) is 17.8 Å². The fourth-order valence-electron chi connectivity index (χ4n) is 3.37. The molecule has 0 saturated heterocycles. The van der Waals surface area contributed by atoms with Crippen molar-refractivity contribution in [3.63, 3.8) is 0 Å². The summed E-state index contributed by atoms with van der Waals surface area (Å²) in [5, 5.41) is 5.98. The number of benzene rings is 1. The van der Waals surface area contributed by atoms with Gasteiger partial charge in [-0.1, -0.05) is 0 Å². The Morgan fingerprint density at radius 3 is 2.57 bits per heavy atom. The molecule has 1 aliphatic rings. The molecule has 1 aromatic heterocycles. The van der Waals surface area contributed by atoms with Crippen molar-refractivity contribution in [3.05, 3.63) is 34.2 Å². The third-order valence-corrected chi connectivity index (χ3v) is 4.78. The molecule has 1 aromatic carbocycles. The smallest absolute Gasteiger partial charge is 0.349 e. The van der Waals surface area contributed by atoms with Crippen molar-refractivity contribution >= 4 is 11.7 Å². The number of amides is 1. The van der Waals surface area contributed by atoms with Crippen LogP contribution in [-0.4, -0.2) is 42.8 Å². The van der Waals surface area contributed by atoms with Gasteiger partial charge in [0.15, 0.2) is 11.5 Å². The van der Waals surface area contributed by atoms with Crippen LogP contribution in [0.1, 0.15) is 25.3 Å². The summed E-state index contributed by atoms with van der Waals surface area (Å²) in [7, 11) is 3.21. The minimum atomic E-state index is -0.265. The Morgan fingerprint density at radius 2 is 1.86 bits per heavy atom. The van der Waals surface area contributed by atoms with Gasteiger partial charge in [-0.05, 0) is 37.0 Å². The van der Waals surface area contributed by atoms with E-state index < -0.39 is 0 Å². The van der Waals surface area contributed by atoms with Crippen LogP contribution >= 0.6 is 0 Å². The van der Waals surface area contributed by atoms with Crippen LogP contribution in [0.2, 0.25) is 0 Å². The minimum absolute atomic E-state index is 0.0249. The number of carbonyl (C=O) groups excluding carboxylic acids is 1. The number of aromatic nitrogens is 2. The van der Waals surface area contributed by atoms with Gasteiger partial charge < -0.3 is 20.1 Å².